The highest BCUT2D eigenvalue weighted by Gasteiger charge is 2.16. The van der Waals surface area contributed by atoms with Crippen LogP contribution in [0.2, 0.25) is 0 Å². The van der Waals surface area contributed by atoms with Gasteiger partial charge in [0.05, 0.1) is 24.4 Å². The van der Waals surface area contributed by atoms with Crippen LogP contribution in [0, 0.1) is 6.92 Å². The Kier molecular flexibility index (Phi) is 3.22. The molecule has 3 aromatic rings. The fraction of sp³-hybridized carbons (Fsp3) is 0.0769. The number of imidazole rings is 2. The van der Waals surface area contributed by atoms with Gasteiger partial charge < -0.3 is 9.97 Å². The minimum Gasteiger partial charge on any atom is -0.345 e. The van der Waals surface area contributed by atoms with E-state index in [2.05, 4.69) is 24.7 Å². The number of hydrogen-bond donors (Lipinski definition) is 3. The first kappa shape index (κ1) is 13.4. The highest BCUT2D eigenvalue weighted by molar-refractivity contribution is 7.92. The topological polar surface area (TPSA) is 104 Å². The summed E-state index contributed by atoms with van der Waals surface area (Å²) in [6.07, 6.45) is 4.58. The van der Waals surface area contributed by atoms with Crippen LogP contribution < -0.4 is 4.72 Å². The molecule has 2 heterocycles. The number of nitrogens with zero attached hydrogens (tertiary/aromatic N) is 2. The predicted octanol–water partition coefficient (Wildman–Crippen LogP) is 1.91. The smallest absolute Gasteiger partial charge is 0.278 e. The van der Waals surface area contributed by atoms with Crippen LogP contribution in [0.4, 0.5) is 5.69 Å². The number of nitrogens with one attached hydrogen (secondary N) is 3. The third kappa shape index (κ3) is 2.79. The molecule has 21 heavy (non-hydrogen) atoms. The molecule has 0 atom stereocenters. The van der Waals surface area contributed by atoms with Gasteiger partial charge in [-0.2, -0.15) is 8.42 Å². The second kappa shape index (κ2) is 5.06. The molecule has 2 aromatic heterocycles. The van der Waals surface area contributed by atoms with Crippen LogP contribution in [0.1, 0.15) is 5.82 Å². The van der Waals surface area contributed by atoms with Crippen molar-refractivity contribution in [1.82, 2.24) is 19.9 Å². The molecule has 3 N–H and O–H groups in total. The molecular formula is C13H13N5O2S. The van der Waals surface area contributed by atoms with E-state index in [0.717, 1.165) is 11.3 Å². The Hall–Kier alpha value is -2.61. The van der Waals surface area contributed by atoms with Crippen LogP contribution in [0.3, 0.4) is 0 Å². The van der Waals surface area contributed by atoms with E-state index in [9.17, 15) is 8.42 Å². The lowest BCUT2D eigenvalue weighted by Crippen LogP contribution is -2.13. The predicted molar refractivity (Wildman–Crippen MR) is 78.2 cm³/mol. The van der Waals surface area contributed by atoms with Crippen molar-refractivity contribution in [3.05, 3.63) is 48.8 Å². The fourth-order valence-corrected chi connectivity index (χ4v) is 2.91. The van der Waals surface area contributed by atoms with E-state index < -0.39 is 10.0 Å². The maximum Gasteiger partial charge on any atom is 0.278 e. The molecule has 0 aliphatic carbocycles. The second-order valence-electron chi connectivity index (χ2n) is 4.48. The fourth-order valence-electron chi connectivity index (χ4n) is 1.88. The molecule has 8 heteroatoms. The van der Waals surface area contributed by atoms with E-state index in [-0.39, 0.29) is 5.03 Å². The Morgan fingerprint density at radius 3 is 2.48 bits per heavy atom. The van der Waals surface area contributed by atoms with Crippen LogP contribution in [-0.2, 0) is 10.0 Å². The summed E-state index contributed by atoms with van der Waals surface area (Å²) in [5, 5.41) is 0.0395. The zero-order valence-corrected chi connectivity index (χ0v) is 12.0. The highest BCUT2D eigenvalue weighted by atomic mass is 32.2. The van der Waals surface area contributed by atoms with Crippen molar-refractivity contribution in [3.63, 3.8) is 0 Å². The van der Waals surface area contributed by atoms with Gasteiger partial charge in [-0.15, -0.1) is 0 Å². The van der Waals surface area contributed by atoms with E-state index in [0.29, 0.717) is 11.5 Å². The third-order valence-electron chi connectivity index (χ3n) is 2.92. The molecule has 1 aromatic carbocycles. The van der Waals surface area contributed by atoms with Crippen molar-refractivity contribution < 1.29 is 8.42 Å². The van der Waals surface area contributed by atoms with Gasteiger partial charge in [0, 0.05) is 5.69 Å². The first-order valence-corrected chi connectivity index (χ1v) is 7.66. The number of rotatable bonds is 4. The summed E-state index contributed by atoms with van der Waals surface area (Å²) in [7, 11) is -3.65. The first-order valence-electron chi connectivity index (χ1n) is 6.18. The first-order chi connectivity index (χ1) is 10.0. The number of aromatic amines is 2. The van der Waals surface area contributed by atoms with Crippen LogP contribution in [0.5, 0.6) is 0 Å². The van der Waals surface area contributed by atoms with Crippen molar-refractivity contribution in [1.29, 1.82) is 0 Å². The number of anilines is 1. The molecule has 3 rings (SSSR count). The van der Waals surface area contributed by atoms with Crippen molar-refractivity contribution in [2.24, 2.45) is 0 Å². The van der Waals surface area contributed by atoms with E-state index in [1.165, 1.54) is 6.20 Å². The summed E-state index contributed by atoms with van der Waals surface area (Å²) in [6.45, 7) is 1.69. The van der Waals surface area contributed by atoms with Crippen LogP contribution in [0.25, 0.3) is 11.3 Å². The van der Waals surface area contributed by atoms with Crippen LogP contribution in [0.15, 0.2) is 48.0 Å². The maximum absolute atomic E-state index is 12.1. The third-order valence-corrected chi connectivity index (χ3v) is 4.21. The van der Waals surface area contributed by atoms with Gasteiger partial charge in [-0.1, -0.05) is 12.1 Å². The summed E-state index contributed by atoms with van der Waals surface area (Å²) in [5.41, 5.74) is 2.27. The number of hydrogen-bond acceptors (Lipinski definition) is 4. The number of aromatic nitrogens is 4. The maximum atomic E-state index is 12.1. The Labute approximate surface area is 121 Å². The number of benzene rings is 1. The number of aryl methyl sites for hydroxylation is 1. The molecule has 0 aliphatic heterocycles. The summed E-state index contributed by atoms with van der Waals surface area (Å²) in [5.74, 6) is 0.546. The Bertz CT molecular complexity index is 835. The monoisotopic (exact) mass is 303 g/mol. The highest BCUT2D eigenvalue weighted by Crippen LogP contribution is 2.20. The lowest BCUT2D eigenvalue weighted by atomic mass is 10.1. The SMILES string of the molecule is Cc1ncc(S(=O)(=O)Nc2ccc(-c3cnc[nH]3)cc2)[nH]1. The molecule has 0 saturated heterocycles. The minimum absolute atomic E-state index is 0.0395. The van der Waals surface area contributed by atoms with Crippen molar-refractivity contribution in [2.75, 3.05) is 4.72 Å². The van der Waals surface area contributed by atoms with Gasteiger partial charge in [0.2, 0.25) is 0 Å². The molecule has 0 amide bonds. The minimum atomic E-state index is -3.65. The van der Waals surface area contributed by atoms with Crippen molar-refractivity contribution in [3.8, 4) is 11.3 Å². The van der Waals surface area contributed by atoms with Gasteiger partial charge in [0.1, 0.15) is 5.82 Å². The molecular weight excluding hydrogens is 290 g/mol. The van der Waals surface area contributed by atoms with E-state index >= 15 is 0 Å². The van der Waals surface area contributed by atoms with Crippen molar-refractivity contribution in [2.45, 2.75) is 11.9 Å². The molecule has 0 fully saturated rings. The molecule has 0 radical (unpaired) electrons. The molecule has 0 saturated carbocycles. The van der Waals surface area contributed by atoms with Crippen LogP contribution in [-0.4, -0.2) is 28.4 Å². The lowest BCUT2D eigenvalue weighted by molar-refractivity contribution is 0.598. The van der Waals surface area contributed by atoms with Crippen molar-refractivity contribution >= 4 is 15.7 Å². The molecule has 0 bridgehead atoms. The zero-order valence-electron chi connectivity index (χ0n) is 11.2. The van der Waals surface area contributed by atoms with Gasteiger partial charge in [0.25, 0.3) is 10.0 Å². The molecule has 0 spiro atoms. The van der Waals surface area contributed by atoms with Gasteiger partial charge in [0.15, 0.2) is 5.03 Å². The van der Waals surface area contributed by atoms with E-state index in [4.69, 9.17) is 0 Å². The average molecular weight is 303 g/mol. The Morgan fingerprint density at radius 2 is 1.90 bits per heavy atom. The Morgan fingerprint density at radius 1 is 1.14 bits per heavy atom. The number of sulfonamides is 1. The normalized spacial score (nSPS) is 11.5. The summed E-state index contributed by atoms with van der Waals surface area (Å²) < 4.78 is 26.8. The second-order valence-corrected chi connectivity index (χ2v) is 6.13. The summed E-state index contributed by atoms with van der Waals surface area (Å²) in [4.78, 5) is 13.5. The average Bonchev–Trinajstić information content (AvgIpc) is 3.10. The van der Waals surface area contributed by atoms with E-state index in [1.54, 1.807) is 31.6 Å². The van der Waals surface area contributed by atoms with Gasteiger partial charge >= 0.3 is 0 Å². The largest absolute Gasteiger partial charge is 0.345 e. The Balaban J connectivity index is 1.82. The summed E-state index contributed by atoms with van der Waals surface area (Å²) in [6, 6.07) is 7.00. The van der Waals surface area contributed by atoms with Gasteiger partial charge in [-0.05, 0) is 24.6 Å². The lowest BCUT2D eigenvalue weighted by Gasteiger charge is -2.06. The van der Waals surface area contributed by atoms with Gasteiger partial charge in [-0.3, -0.25) is 4.72 Å². The molecule has 0 aliphatic rings. The number of H-pyrrole nitrogens is 2. The quantitative estimate of drug-likeness (QED) is 0.685. The molecule has 108 valence electrons. The molecule has 0 unspecified atom stereocenters. The summed E-state index contributed by atoms with van der Waals surface area (Å²) >= 11 is 0. The standard InChI is InChI=1S/C13H13N5O2S/c1-9-15-7-13(17-9)21(19,20)18-11-4-2-10(3-5-11)12-6-14-8-16-12/h2-8,18H,1H3,(H,14,16)(H,15,17). The molecule has 7 nitrogen and oxygen atoms in total. The zero-order chi connectivity index (χ0) is 14.9. The van der Waals surface area contributed by atoms with E-state index in [1.807, 2.05) is 12.1 Å². The van der Waals surface area contributed by atoms with Crippen LogP contribution >= 0.6 is 0 Å². The van der Waals surface area contributed by atoms with Gasteiger partial charge in [-0.25, -0.2) is 9.97 Å².